The van der Waals surface area contributed by atoms with E-state index in [2.05, 4.69) is 5.32 Å². The van der Waals surface area contributed by atoms with Gasteiger partial charge in [-0.2, -0.15) is 0 Å². The molecule has 1 unspecified atom stereocenters. The molecule has 1 aromatic carbocycles. The SMILES string of the molecule is CCOc1ccc(C=CC(=O)N2CCC(CNC)C2)cc1. The fourth-order valence-electron chi connectivity index (χ4n) is 2.60. The second kappa shape index (κ2) is 7.84. The molecule has 1 N–H and O–H groups in total. The maximum absolute atomic E-state index is 12.1. The van der Waals surface area contributed by atoms with E-state index in [0.29, 0.717) is 12.5 Å². The van der Waals surface area contributed by atoms with Crippen LogP contribution in [-0.2, 0) is 4.79 Å². The summed E-state index contributed by atoms with van der Waals surface area (Å²) < 4.78 is 5.40. The Bertz CT molecular complexity index is 482. The summed E-state index contributed by atoms with van der Waals surface area (Å²) in [5.41, 5.74) is 1.01. The van der Waals surface area contributed by atoms with Crippen LogP contribution in [0.3, 0.4) is 0 Å². The third kappa shape index (κ3) is 4.60. The minimum absolute atomic E-state index is 0.0995. The molecular formula is C17H24N2O2. The highest BCUT2D eigenvalue weighted by molar-refractivity contribution is 5.91. The number of benzene rings is 1. The molecule has 1 aliphatic heterocycles. The van der Waals surface area contributed by atoms with Gasteiger partial charge in [0, 0.05) is 19.2 Å². The van der Waals surface area contributed by atoms with Gasteiger partial charge in [0.15, 0.2) is 0 Å². The molecule has 0 spiro atoms. The van der Waals surface area contributed by atoms with Crippen molar-refractivity contribution < 1.29 is 9.53 Å². The van der Waals surface area contributed by atoms with Crippen molar-refractivity contribution >= 4 is 12.0 Å². The second-order valence-corrected chi connectivity index (χ2v) is 5.33. The zero-order chi connectivity index (χ0) is 15.1. The number of rotatable bonds is 6. The zero-order valence-electron chi connectivity index (χ0n) is 12.8. The number of carbonyl (C=O) groups excluding carboxylic acids is 1. The van der Waals surface area contributed by atoms with Gasteiger partial charge in [0.25, 0.3) is 0 Å². The zero-order valence-corrected chi connectivity index (χ0v) is 12.8. The van der Waals surface area contributed by atoms with E-state index in [-0.39, 0.29) is 5.91 Å². The van der Waals surface area contributed by atoms with E-state index < -0.39 is 0 Å². The van der Waals surface area contributed by atoms with Gasteiger partial charge in [0.05, 0.1) is 6.61 Å². The lowest BCUT2D eigenvalue weighted by Crippen LogP contribution is -2.28. The summed E-state index contributed by atoms with van der Waals surface area (Å²) >= 11 is 0. The summed E-state index contributed by atoms with van der Waals surface area (Å²) in [7, 11) is 1.95. The summed E-state index contributed by atoms with van der Waals surface area (Å²) in [5, 5.41) is 3.17. The Morgan fingerprint density at radius 2 is 2.19 bits per heavy atom. The lowest BCUT2D eigenvalue weighted by atomic mass is 10.1. The number of amides is 1. The summed E-state index contributed by atoms with van der Waals surface area (Å²) in [6, 6.07) is 7.77. The molecule has 1 aromatic rings. The van der Waals surface area contributed by atoms with Crippen LogP contribution in [0.2, 0.25) is 0 Å². The van der Waals surface area contributed by atoms with Crippen LogP contribution in [0.25, 0.3) is 6.08 Å². The third-order valence-electron chi connectivity index (χ3n) is 3.70. The number of likely N-dealkylation sites (tertiary alicyclic amines) is 1. The summed E-state index contributed by atoms with van der Waals surface area (Å²) in [5.74, 6) is 1.54. The van der Waals surface area contributed by atoms with Crippen LogP contribution in [-0.4, -0.2) is 44.1 Å². The first-order valence-corrected chi connectivity index (χ1v) is 7.57. The fraction of sp³-hybridized carbons (Fsp3) is 0.471. The van der Waals surface area contributed by atoms with Crippen molar-refractivity contribution in [1.29, 1.82) is 0 Å². The number of ether oxygens (including phenoxy) is 1. The largest absolute Gasteiger partial charge is 0.494 e. The molecule has 0 radical (unpaired) electrons. The van der Waals surface area contributed by atoms with Crippen molar-refractivity contribution in [2.24, 2.45) is 5.92 Å². The summed E-state index contributed by atoms with van der Waals surface area (Å²) in [6.07, 6.45) is 4.62. The standard InChI is InChI=1S/C17H24N2O2/c1-3-21-16-7-4-14(5-8-16)6-9-17(20)19-11-10-15(13-19)12-18-2/h4-9,15,18H,3,10-13H2,1-2H3. The average molecular weight is 288 g/mol. The number of carbonyl (C=O) groups is 1. The van der Waals surface area contributed by atoms with E-state index in [1.165, 1.54) is 0 Å². The van der Waals surface area contributed by atoms with Crippen LogP contribution >= 0.6 is 0 Å². The van der Waals surface area contributed by atoms with E-state index in [1.807, 2.05) is 49.2 Å². The van der Waals surface area contributed by atoms with Gasteiger partial charge in [-0.1, -0.05) is 12.1 Å². The number of hydrogen-bond acceptors (Lipinski definition) is 3. The predicted molar refractivity (Wildman–Crippen MR) is 85.3 cm³/mol. The van der Waals surface area contributed by atoms with E-state index >= 15 is 0 Å². The molecular weight excluding hydrogens is 264 g/mol. The van der Waals surface area contributed by atoms with Gasteiger partial charge < -0.3 is 15.0 Å². The maximum Gasteiger partial charge on any atom is 0.246 e. The highest BCUT2D eigenvalue weighted by atomic mass is 16.5. The van der Waals surface area contributed by atoms with Gasteiger partial charge >= 0.3 is 0 Å². The number of hydrogen-bond donors (Lipinski definition) is 1. The van der Waals surface area contributed by atoms with Crippen molar-refractivity contribution in [1.82, 2.24) is 10.2 Å². The van der Waals surface area contributed by atoms with E-state index in [9.17, 15) is 4.79 Å². The van der Waals surface area contributed by atoms with Gasteiger partial charge in [-0.25, -0.2) is 0 Å². The highest BCUT2D eigenvalue weighted by Gasteiger charge is 2.24. The molecule has 1 saturated heterocycles. The molecule has 4 heteroatoms. The quantitative estimate of drug-likeness (QED) is 0.816. The molecule has 1 amide bonds. The Kier molecular flexibility index (Phi) is 5.81. The molecule has 114 valence electrons. The lowest BCUT2D eigenvalue weighted by molar-refractivity contribution is -0.125. The van der Waals surface area contributed by atoms with Crippen molar-refractivity contribution in [2.45, 2.75) is 13.3 Å². The molecule has 0 bridgehead atoms. The fourth-order valence-corrected chi connectivity index (χ4v) is 2.60. The molecule has 0 saturated carbocycles. The molecule has 0 aliphatic carbocycles. The molecule has 21 heavy (non-hydrogen) atoms. The molecule has 1 fully saturated rings. The molecule has 2 rings (SSSR count). The van der Waals surface area contributed by atoms with Crippen molar-refractivity contribution in [3.8, 4) is 5.75 Å². The van der Waals surface area contributed by atoms with Crippen molar-refractivity contribution in [3.05, 3.63) is 35.9 Å². The van der Waals surface area contributed by atoms with E-state index in [1.54, 1.807) is 6.08 Å². The first-order chi connectivity index (χ1) is 10.2. The number of nitrogens with one attached hydrogen (secondary N) is 1. The average Bonchev–Trinajstić information content (AvgIpc) is 2.96. The Morgan fingerprint density at radius 3 is 2.86 bits per heavy atom. The Labute approximate surface area is 126 Å². The minimum Gasteiger partial charge on any atom is -0.494 e. The first kappa shape index (κ1) is 15.6. The first-order valence-electron chi connectivity index (χ1n) is 7.57. The molecule has 1 atom stereocenters. The highest BCUT2D eigenvalue weighted by Crippen LogP contribution is 2.17. The monoisotopic (exact) mass is 288 g/mol. The molecule has 4 nitrogen and oxygen atoms in total. The Balaban J connectivity index is 1.87. The number of nitrogens with zero attached hydrogens (tertiary/aromatic N) is 1. The summed E-state index contributed by atoms with van der Waals surface area (Å²) in [4.78, 5) is 14.1. The second-order valence-electron chi connectivity index (χ2n) is 5.33. The lowest BCUT2D eigenvalue weighted by Gasteiger charge is -2.14. The minimum atomic E-state index is 0.0995. The van der Waals surface area contributed by atoms with E-state index in [4.69, 9.17) is 4.74 Å². The molecule has 0 aromatic heterocycles. The van der Waals surface area contributed by atoms with Crippen molar-refractivity contribution in [2.75, 3.05) is 33.3 Å². The van der Waals surface area contributed by atoms with Gasteiger partial charge in [-0.3, -0.25) is 4.79 Å². The van der Waals surface area contributed by atoms with Gasteiger partial charge in [-0.15, -0.1) is 0 Å². The van der Waals surface area contributed by atoms with Crippen molar-refractivity contribution in [3.63, 3.8) is 0 Å². The van der Waals surface area contributed by atoms with Crippen LogP contribution in [0, 0.1) is 5.92 Å². The van der Waals surface area contributed by atoms with Gasteiger partial charge in [0.1, 0.15) is 5.75 Å². The third-order valence-corrected chi connectivity index (χ3v) is 3.70. The van der Waals surface area contributed by atoms with Crippen LogP contribution in [0.5, 0.6) is 5.75 Å². The Morgan fingerprint density at radius 1 is 1.43 bits per heavy atom. The molecule has 1 aliphatic rings. The Hall–Kier alpha value is -1.81. The normalized spacial score (nSPS) is 18.4. The topological polar surface area (TPSA) is 41.6 Å². The van der Waals surface area contributed by atoms with Crippen LogP contribution < -0.4 is 10.1 Å². The smallest absolute Gasteiger partial charge is 0.246 e. The van der Waals surface area contributed by atoms with Gasteiger partial charge in [-0.05, 0) is 56.6 Å². The van der Waals surface area contributed by atoms with Crippen LogP contribution in [0.4, 0.5) is 0 Å². The predicted octanol–water partition coefficient (Wildman–Crippen LogP) is 2.17. The summed E-state index contributed by atoms with van der Waals surface area (Å²) in [6.45, 7) is 5.32. The van der Waals surface area contributed by atoms with Crippen LogP contribution in [0.1, 0.15) is 18.9 Å². The van der Waals surface area contributed by atoms with E-state index in [0.717, 1.165) is 37.4 Å². The maximum atomic E-state index is 12.1. The molecule has 1 heterocycles. The van der Waals surface area contributed by atoms with Crippen LogP contribution in [0.15, 0.2) is 30.3 Å². The van der Waals surface area contributed by atoms with Gasteiger partial charge in [0.2, 0.25) is 5.91 Å².